The van der Waals surface area contributed by atoms with Gasteiger partial charge in [-0.05, 0) is 24.3 Å². The van der Waals surface area contributed by atoms with Crippen molar-refractivity contribution in [3.63, 3.8) is 0 Å². The maximum Gasteiger partial charge on any atom is 0.248 e. The van der Waals surface area contributed by atoms with Crippen molar-refractivity contribution in [3.05, 3.63) is 71.2 Å². The molecule has 31 heavy (non-hydrogen) atoms. The van der Waals surface area contributed by atoms with Gasteiger partial charge in [-0.15, -0.1) is 11.3 Å². The van der Waals surface area contributed by atoms with E-state index in [1.165, 1.54) is 0 Å². The first kappa shape index (κ1) is 21.2. The number of benzene rings is 2. The fraction of sp³-hybridized carbons (Fsp3) is 0.261. The number of rotatable bonds is 7. The number of nitrogens with zero attached hydrogens (tertiary/aromatic N) is 3. The summed E-state index contributed by atoms with van der Waals surface area (Å²) in [4.78, 5) is 32.8. The monoisotopic (exact) mass is 435 g/mol. The Balaban J connectivity index is 1.22. The summed E-state index contributed by atoms with van der Waals surface area (Å²) in [6.45, 7) is 4.65. The second-order valence-electron chi connectivity index (χ2n) is 7.55. The Kier molecular flexibility index (Phi) is 6.71. The molecule has 1 aliphatic rings. The normalized spacial score (nSPS) is 15.0. The van der Waals surface area contributed by atoms with Crippen LogP contribution in [0.5, 0.6) is 0 Å². The van der Waals surface area contributed by atoms with Gasteiger partial charge in [0.15, 0.2) is 0 Å². The first-order valence-electron chi connectivity index (χ1n) is 10.2. The number of carbonyl (C=O) groups excluding carboxylic acids is 2. The summed E-state index contributed by atoms with van der Waals surface area (Å²) in [6, 6.07) is 16.8. The maximum absolute atomic E-state index is 12.3. The SMILES string of the molecule is NC(=O)c1ccc(NC(=O)CN2CCN(Cc3csc(-c4ccccc4)n3)CC2)cc1. The molecule has 8 heteroatoms. The summed E-state index contributed by atoms with van der Waals surface area (Å²) >= 11 is 1.68. The van der Waals surface area contributed by atoms with E-state index in [1.807, 2.05) is 18.2 Å². The summed E-state index contributed by atoms with van der Waals surface area (Å²) in [5.74, 6) is -0.544. The van der Waals surface area contributed by atoms with E-state index < -0.39 is 5.91 Å². The van der Waals surface area contributed by atoms with Crippen LogP contribution in [0.15, 0.2) is 60.0 Å². The lowest BCUT2D eigenvalue weighted by Gasteiger charge is -2.33. The Morgan fingerprint density at radius 1 is 0.968 bits per heavy atom. The van der Waals surface area contributed by atoms with Gasteiger partial charge in [-0.1, -0.05) is 30.3 Å². The van der Waals surface area contributed by atoms with Crippen LogP contribution >= 0.6 is 11.3 Å². The number of anilines is 1. The Labute approximate surface area is 185 Å². The number of carbonyl (C=O) groups is 2. The minimum absolute atomic E-state index is 0.0627. The van der Waals surface area contributed by atoms with Crippen molar-refractivity contribution in [1.29, 1.82) is 0 Å². The minimum atomic E-state index is -0.482. The van der Waals surface area contributed by atoms with Crippen LogP contribution < -0.4 is 11.1 Å². The average molecular weight is 436 g/mol. The molecular formula is C23H25N5O2S. The Morgan fingerprint density at radius 2 is 1.65 bits per heavy atom. The fourth-order valence-electron chi connectivity index (χ4n) is 3.55. The number of hydrogen-bond acceptors (Lipinski definition) is 6. The van der Waals surface area contributed by atoms with Crippen LogP contribution in [0.2, 0.25) is 0 Å². The molecule has 0 bridgehead atoms. The first-order valence-corrected chi connectivity index (χ1v) is 11.1. The molecule has 2 aromatic carbocycles. The second kappa shape index (κ2) is 9.82. The van der Waals surface area contributed by atoms with E-state index in [-0.39, 0.29) is 5.91 Å². The zero-order valence-corrected chi connectivity index (χ0v) is 18.0. The topological polar surface area (TPSA) is 91.6 Å². The highest BCUT2D eigenvalue weighted by Crippen LogP contribution is 2.24. The van der Waals surface area contributed by atoms with Gasteiger partial charge in [0.2, 0.25) is 11.8 Å². The average Bonchev–Trinajstić information content (AvgIpc) is 3.24. The predicted octanol–water partition coefficient (Wildman–Crippen LogP) is 2.67. The summed E-state index contributed by atoms with van der Waals surface area (Å²) in [6.07, 6.45) is 0. The van der Waals surface area contributed by atoms with Crippen LogP contribution in [0.25, 0.3) is 10.6 Å². The van der Waals surface area contributed by atoms with Crippen molar-refractivity contribution in [2.24, 2.45) is 5.73 Å². The van der Waals surface area contributed by atoms with Gasteiger partial charge in [0.05, 0.1) is 12.2 Å². The van der Waals surface area contributed by atoms with Crippen molar-refractivity contribution in [1.82, 2.24) is 14.8 Å². The highest BCUT2D eigenvalue weighted by Gasteiger charge is 2.20. The van der Waals surface area contributed by atoms with E-state index in [2.05, 4.69) is 32.6 Å². The number of piperazine rings is 1. The Hall–Kier alpha value is -3.07. The third kappa shape index (κ3) is 5.75. The van der Waals surface area contributed by atoms with E-state index in [1.54, 1.807) is 35.6 Å². The minimum Gasteiger partial charge on any atom is -0.366 e. The highest BCUT2D eigenvalue weighted by molar-refractivity contribution is 7.13. The molecule has 7 nitrogen and oxygen atoms in total. The number of aromatic nitrogens is 1. The van der Waals surface area contributed by atoms with E-state index in [0.717, 1.165) is 49.0 Å². The third-order valence-electron chi connectivity index (χ3n) is 5.24. The molecular weight excluding hydrogens is 410 g/mol. The summed E-state index contributed by atoms with van der Waals surface area (Å²) in [5.41, 5.74) is 8.56. The van der Waals surface area contributed by atoms with Crippen molar-refractivity contribution >= 4 is 28.8 Å². The number of primary amides is 1. The standard InChI is InChI=1S/C23H25N5O2S/c24-22(30)17-6-8-19(9-7-17)25-21(29)15-28-12-10-27(11-13-28)14-20-16-31-23(26-20)18-4-2-1-3-5-18/h1-9,16H,10-15H2,(H2,24,30)(H,25,29). The fourth-order valence-corrected chi connectivity index (χ4v) is 4.37. The van der Waals surface area contributed by atoms with Crippen LogP contribution in [-0.4, -0.2) is 59.3 Å². The maximum atomic E-state index is 12.3. The van der Waals surface area contributed by atoms with Crippen LogP contribution in [0, 0.1) is 0 Å². The highest BCUT2D eigenvalue weighted by atomic mass is 32.1. The first-order chi connectivity index (χ1) is 15.1. The molecule has 2 amide bonds. The summed E-state index contributed by atoms with van der Waals surface area (Å²) in [7, 11) is 0. The van der Waals surface area contributed by atoms with Gasteiger partial charge >= 0.3 is 0 Å². The molecule has 3 aromatic rings. The van der Waals surface area contributed by atoms with Gasteiger partial charge in [-0.2, -0.15) is 0 Å². The lowest BCUT2D eigenvalue weighted by molar-refractivity contribution is -0.117. The summed E-state index contributed by atoms with van der Waals surface area (Å²) < 4.78 is 0. The lowest BCUT2D eigenvalue weighted by atomic mass is 10.2. The van der Waals surface area contributed by atoms with Crippen LogP contribution in [0.1, 0.15) is 16.1 Å². The van der Waals surface area contributed by atoms with E-state index >= 15 is 0 Å². The van der Waals surface area contributed by atoms with Gasteiger partial charge in [0.1, 0.15) is 5.01 Å². The smallest absolute Gasteiger partial charge is 0.248 e. The van der Waals surface area contributed by atoms with E-state index in [9.17, 15) is 9.59 Å². The molecule has 0 spiro atoms. The van der Waals surface area contributed by atoms with Gasteiger partial charge in [0.25, 0.3) is 0 Å². The molecule has 1 aliphatic heterocycles. The Bertz CT molecular complexity index is 1030. The number of hydrogen-bond donors (Lipinski definition) is 2. The molecule has 3 N–H and O–H groups in total. The van der Waals surface area contributed by atoms with Crippen molar-refractivity contribution in [2.45, 2.75) is 6.54 Å². The van der Waals surface area contributed by atoms with Crippen molar-refractivity contribution in [2.75, 3.05) is 38.0 Å². The molecule has 1 fully saturated rings. The van der Waals surface area contributed by atoms with E-state index in [0.29, 0.717) is 17.8 Å². The third-order valence-corrected chi connectivity index (χ3v) is 6.18. The van der Waals surface area contributed by atoms with Crippen LogP contribution in [-0.2, 0) is 11.3 Å². The Morgan fingerprint density at radius 3 is 2.32 bits per heavy atom. The molecule has 2 heterocycles. The zero-order chi connectivity index (χ0) is 21.6. The van der Waals surface area contributed by atoms with Crippen molar-refractivity contribution in [3.8, 4) is 10.6 Å². The number of amides is 2. The van der Waals surface area contributed by atoms with Crippen LogP contribution in [0.3, 0.4) is 0 Å². The van der Waals surface area contributed by atoms with Crippen molar-refractivity contribution < 1.29 is 9.59 Å². The molecule has 0 atom stereocenters. The molecule has 1 aromatic heterocycles. The number of thiazole rings is 1. The van der Waals surface area contributed by atoms with Gasteiger partial charge < -0.3 is 11.1 Å². The molecule has 160 valence electrons. The molecule has 0 radical (unpaired) electrons. The summed E-state index contributed by atoms with van der Waals surface area (Å²) in [5, 5.41) is 6.05. The number of nitrogens with two attached hydrogens (primary N) is 1. The zero-order valence-electron chi connectivity index (χ0n) is 17.2. The number of nitrogens with one attached hydrogen (secondary N) is 1. The van der Waals surface area contributed by atoms with Gasteiger partial charge in [0, 0.05) is 54.9 Å². The molecule has 0 saturated carbocycles. The van der Waals surface area contributed by atoms with E-state index in [4.69, 9.17) is 10.7 Å². The quantitative estimate of drug-likeness (QED) is 0.595. The van der Waals surface area contributed by atoms with Gasteiger partial charge in [-0.25, -0.2) is 4.98 Å². The predicted molar refractivity (Wildman–Crippen MR) is 123 cm³/mol. The lowest BCUT2D eigenvalue weighted by Crippen LogP contribution is -2.48. The second-order valence-corrected chi connectivity index (χ2v) is 8.41. The van der Waals surface area contributed by atoms with Gasteiger partial charge in [-0.3, -0.25) is 19.4 Å². The molecule has 0 unspecified atom stereocenters. The largest absolute Gasteiger partial charge is 0.366 e. The molecule has 4 rings (SSSR count). The molecule has 1 saturated heterocycles. The molecule has 0 aliphatic carbocycles. The van der Waals surface area contributed by atoms with Crippen LogP contribution in [0.4, 0.5) is 5.69 Å².